The summed E-state index contributed by atoms with van der Waals surface area (Å²) in [6.07, 6.45) is 44.4. The van der Waals surface area contributed by atoms with Gasteiger partial charge in [0.1, 0.15) is 0 Å². The summed E-state index contributed by atoms with van der Waals surface area (Å²) in [5.74, 6) is -0.656. The Morgan fingerprint density at radius 2 is 0.581 bits per heavy atom. The maximum atomic E-state index is 11.5. The number of hydrogen-bond acceptors (Lipinski definition) is 2. The van der Waals surface area contributed by atoms with Crippen LogP contribution in [-0.4, -0.2) is 22.8 Å². The standard InChI is InChI=1S/C28H56O2.C12H26O/c1-3-5-7-9-11-13-15-16-18-20-22-24-26-27(28(29)30)25-23-21-19-17-14-12-10-8-6-4-2;1-2-3-4-5-6-7-8-9-10-11-12-13/h27H,3-26H2,1-2H3,(H,29,30);13H,2-12H2,1H3. The predicted molar refractivity (Wildman–Crippen MR) is 192 cm³/mol. The third-order valence-electron chi connectivity index (χ3n) is 9.17. The van der Waals surface area contributed by atoms with Crippen molar-refractivity contribution >= 4 is 5.97 Å². The molecule has 0 heterocycles. The van der Waals surface area contributed by atoms with Crippen molar-refractivity contribution in [3.05, 3.63) is 0 Å². The summed E-state index contributed by atoms with van der Waals surface area (Å²) < 4.78 is 0. The largest absolute Gasteiger partial charge is 0.481 e. The molecule has 0 fully saturated rings. The van der Waals surface area contributed by atoms with E-state index in [1.807, 2.05) is 0 Å². The highest BCUT2D eigenvalue weighted by molar-refractivity contribution is 5.69. The predicted octanol–water partition coefficient (Wildman–Crippen LogP) is 14.0. The monoisotopic (exact) mass is 611 g/mol. The SMILES string of the molecule is CCCCCCCCCCCCCCC(CCCCCCCCCCCC)C(=O)O.CCCCCCCCCCCCO. The van der Waals surface area contributed by atoms with Gasteiger partial charge < -0.3 is 10.2 Å². The van der Waals surface area contributed by atoms with Crippen molar-refractivity contribution in [2.45, 2.75) is 239 Å². The summed E-state index contributed by atoms with van der Waals surface area (Å²) in [5, 5.41) is 18.1. The molecule has 43 heavy (non-hydrogen) atoms. The average molecular weight is 611 g/mol. The van der Waals surface area contributed by atoms with Gasteiger partial charge in [-0.15, -0.1) is 0 Å². The molecule has 0 saturated carbocycles. The van der Waals surface area contributed by atoms with E-state index < -0.39 is 5.97 Å². The molecule has 0 spiro atoms. The Morgan fingerprint density at radius 3 is 0.791 bits per heavy atom. The zero-order chi connectivity index (χ0) is 31.9. The number of aliphatic carboxylic acids is 1. The Bertz CT molecular complexity index is 482. The minimum absolute atomic E-state index is 0.0952. The number of carboxylic acids is 1. The van der Waals surface area contributed by atoms with E-state index in [1.54, 1.807) is 0 Å². The van der Waals surface area contributed by atoms with Crippen molar-refractivity contribution in [1.29, 1.82) is 0 Å². The minimum Gasteiger partial charge on any atom is -0.481 e. The van der Waals surface area contributed by atoms with Gasteiger partial charge in [-0.3, -0.25) is 4.79 Å². The summed E-state index contributed by atoms with van der Waals surface area (Å²) in [5.41, 5.74) is 0. The molecule has 0 aromatic heterocycles. The lowest BCUT2D eigenvalue weighted by Gasteiger charge is -2.12. The van der Waals surface area contributed by atoms with Crippen LogP contribution in [0.25, 0.3) is 0 Å². The Balaban J connectivity index is 0. The first kappa shape index (κ1) is 44.6. The van der Waals surface area contributed by atoms with Gasteiger partial charge >= 0.3 is 5.97 Å². The van der Waals surface area contributed by atoms with Gasteiger partial charge in [-0.1, -0.05) is 220 Å². The molecule has 1 unspecified atom stereocenters. The Labute approximate surface area is 272 Å². The van der Waals surface area contributed by atoms with Gasteiger partial charge in [-0.2, -0.15) is 0 Å². The zero-order valence-corrected chi connectivity index (χ0v) is 30.1. The number of aliphatic hydroxyl groups is 1. The smallest absolute Gasteiger partial charge is 0.306 e. The molecular weight excluding hydrogens is 528 g/mol. The van der Waals surface area contributed by atoms with Crippen LogP contribution in [0.4, 0.5) is 0 Å². The van der Waals surface area contributed by atoms with E-state index in [0.29, 0.717) is 6.61 Å². The molecule has 260 valence electrons. The highest BCUT2D eigenvalue weighted by atomic mass is 16.4. The van der Waals surface area contributed by atoms with Crippen molar-refractivity contribution < 1.29 is 15.0 Å². The highest BCUT2D eigenvalue weighted by Gasteiger charge is 2.16. The third-order valence-corrected chi connectivity index (χ3v) is 9.17. The highest BCUT2D eigenvalue weighted by Crippen LogP contribution is 2.20. The second-order valence-electron chi connectivity index (χ2n) is 13.6. The Morgan fingerprint density at radius 1 is 0.372 bits per heavy atom. The summed E-state index contributed by atoms with van der Waals surface area (Å²) in [7, 11) is 0. The van der Waals surface area contributed by atoms with Crippen LogP contribution in [0.2, 0.25) is 0 Å². The van der Waals surface area contributed by atoms with Gasteiger partial charge in [0.05, 0.1) is 5.92 Å². The molecule has 2 N–H and O–H groups in total. The summed E-state index contributed by atoms with van der Waals surface area (Å²) >= 11 is 0. The number of aliphatic hydroxyl groups excluding tert-OH is 1. The van der Waals surface area contributed by atoms with Crippen molar-refractivity contribution in [2.24, 2.45) is 5.92 Å². The molecule has 0 saturated heterocycles. The lowest BCUT2D eigenvalue weighted by molar-refractivity contribution is -0.142. The summed E-state index contributed by atoms with van der Waals surface area (Å²) in [6.45, 7) is 7.17. The van der Waals surface area contributed by atoms with Crippen LogP contribution < -0.4 is 0 Å². The van der Waals surface area contributed by atoms with E-state index >= 15 is 0 Å². The molecule has 3 heteroatoms. The van der Waals surface area contributed by atoms with Crippen LogP contribution >= 0.6 is 0 Å². The topological polar surface area (TPSA) is 57.5 Å². The fraction of sp³-hybridized carbons (Fsp3) is 0.975. The molecule has 3 nitrogen and oxygen atoms in total. The van der Waals surface area contributed by atoms with Gasteiger partial charge in [0.25, 0.3) is 0 Å². The second kappa shape index (κ2) is 41.4. The zero-order valence-electron chi connectivity index (χ0n) is 30.1. The van der Waals surface area contributed by atoms with E-state index in [1.165, 1.54) is 186 Å². The van der Waals surface area contributed by atoms with Gasteiger partial charge in [-0.25, -0.2) is 0 Å². The Hall–Kier alpha value is -0.570. The summed E-state index contributed by atoms with van der Waals surface area (Å²) in [4.78, 5) is 11.5. The third kappa shape index (κ3) is 41.4. The quantitative estimate of drug-likeness (QED) is 0.0702. The molecule has 0 aromatic carbocycles. The van der Waals surface area contributed by atoms with Crippen molar-refractivity contribution in [3.8, 4) is 0 Å². The van der Waals surface area contributed by atoms with Crippen LogP contribution in [0.5, 0.6) is 0 Å². The first-order valence-electron chi connectivity index (χ1n) is 20.0. The molecule has 0 amide bonds. The second-order valence-corrected chi connectivity index (χ2v) is 13.6. The molecule has 0 aliphatic rings. The maximum Gasteiger partial charge on any atom is 0.306 e. The molecular formula is C40H82O3. The number of hydrogen-bond donors (Lipinski definition) is 2. The number of carbonyl (C=O) groups is 1. The Kier molecular flexibility index (Phi) is 42.9. The average Bonchev–Trinajstić information content (AvgIpc) is 3.00. The van der Waals surface area contributed by atoms with E-state index in [4.69, 9.17) is 5.11 Å². The van der Waals surface area contributed by atoms with Gasteiger partial charge in [0.2, 0.25) is 0 Å². The van der Waals surface area contributed by atoms with Crippen LogP contribution in [0.15, 0.2) is 0 Å². The normalized spacial score (nSPS) is 11.8. The fourth-order valence-electron chi connectivity index (χ4n) is 6.10. The van der Waals surface area contributed by atoms with Crippen LogP contribution in [0.1, 0.15) is 239 Å². The van der Waals surface area contributed by atoms with Crippen LogP contribution in [-0.2, 0) is 4.79 Å². The van der Waals surface area contributed by atoms with E-state index in [0.717, 1.165) is 32.1 Å². The van der Waals surface area contributed by atoms with Crippen molar-refractivity contribution in [2.75, 3.05) is 6.61 Å². The van der Waals surface area contributed by atoms with Crippen LogP contribution in [0.3, 0.4) is 0 Å². The molecule has 0 bridgehead atoms. The minimum atomic E-state index is -0.561. The first-order valence-corrected chi connectivity index (χ1v) is 20.0. The molecule has 0 aliphatic heterocycles. The van der Waals surface area contributed by atoms with E-state index in [9.17, 15) is 9.90 Å². The van der Waals surface area contributed by atoms with Gasteiger partial charge in [0.15, 0.2) is 0 Å². The lowest BCUT2D eigenvalue weighted by Crippen LogP contribution is -2.13. The van der Waals surface area contributed by atoms with Crippen LogP contribution in [0, 0.1) is 5.92 Å². The molecule has 0 aromatic rings. The van der Waals surface area contributed by atoms with E-state index in [-0.39, 0.29) is 5.92 Å². The fourth-order valence-corrected chi connectivity index (χ4v) is 6.10. The summed E-state index contributed by atoms with van der Waals surface area (Å²) in [6, 6.07) is 0. The van der Waals surface area contributed by atoms with Crippen molar-refractivity contribution in [3.63, 3.8) is 0 Å². The lowest BCUT2D eigenvalue weighted by atomic mass is 9.94. The maximum absolute atomic E-state index is 11.5. The van der Waals surface area contributed by atoms with E-state index in [2.05, 4.69) is 20.8 Å². The van der Waals surface area contributed by atoms with Gasteiger partial charge in [0, 0.05) is 6.61 Å². The number of rotatable bonds is 35. The first-order chi connectivity index (χ1) is 21.1. The number of unbranched alkanes of at least 4 members (excludes halogenated alkanes) is 29. The van der Waals surface area contributed by atoms with Gasteiger partial charge in [-0.05, 0) is 19.3 Å². The molecule has 1 atom stereocenters. The van der Waals surface area contributed by atoms with Crippen molar-refractivity contribution in [1.82, 2.24) is 0 Å². The molecule has 0 radical (unpaired) electrons. The molecule has 0 aliphatic carbocycles. The molecule has 0 rings (SSSR count). The number of carboxylic acid groups (broad SMARTS) is 1.